The first-order chi connectivity index (χ1) is 10.1. The van der Waals surface area contributed by atoms with Crippen molar-refractivity contribution >= 4 is 5.97 Å². The van der Waals surface area contributed by atoms with Gasteiger partial charge in [0.05, 0.1) is 7.11 Å². The molecule has 21 heavy (non-hydrogen) atoms. The van der Waals surface area contributed by atoms with Crippen LogP contribution in [0.4, 0.5) is 0 Å². The molecule has 4 heteroatoms. The molecule has 1 N–H and O–H groups in total. The lowest BCUT2D eigenvalue weighted by molar-refractivity contribution is -0.153. The molecule has 2 rings (SSSR count). The molecule has 110 valence electrons. The topological polar surface area (TPSA) is 55.8 Å². The number of carbonyl (C=O) groups is 1. The van der Waals surface area contributed by atoms with Gasteiger partial charge in [-0.3, -0.25) is 4.79 Å². The van der Waals surface area contributed by atoms with Gasteiger partial charge in [-0.15, -0.1) is 0 Å². The van der Waals surface area contributed by atoms with Crippen molar-refractivity contribution in [2.45, 2.75) is 19.1 Å². The second-order valence-electron chi connectivity index (χ2n) is 4.66. The average Bonchev–Trinajstić information content (AvgIpc) is 2.53. The van der Waals surface area contributed by atoms with Crippen molar-refractivity contribution in [2.24, 2.45) is 0 Å². The van der Waals surface area contributed by atoms with Gasteiger partial charge in [0.25, 0.3) is 0 Å². The molecule has 0 aliphatic carbocycles. The van der Waals surface area contributed by atoms with E-state index in [9.17, 15) is 9.90 Å². The molecule has 0 heterocycles. The lowest BCUT2D eigenvalue weighted by Gasteiger charge is -2.23. The minimum atomic E-state index is -0.942. The van der Waals surface area contributed by atoms with Crippen LogP contribution in [0.15, 0.2) is 54.6 Å². The van der Waals surface area contributed by atoms with E-state index >= 15 is 0 Å². The Bertz CT molecular complexity index is 577. The molecule has 2 aromatic rings. The molecule has 0 aliphatic rings. The summed E-state index contributed by atoms with van der Waals surface area (Å²) in [6.45, 7) is 1.33. The summed E-state index contributed by atoms with van der Waals surface area (Å²) in [6, 6.07) is 16.2. The molecule has 0 amide bonds. The lowest BCUT2D eigenvalue weighted by Crippen LogP contribution is -2.17. The van der Waals surface area contributed by atoms with Crippen molar-refractivity contribution in [3.8, 4) is 5.75 Å². The standard InChI is InChI=1S/C17H18O4/c1-12(18)21-17(14-6-4-3-5-7-14)16(19)13-8-10-15(20-2)11-9-13/h3-11,16-17,19H,1-2H3. The van der Waals surface area contributed by atoms with Crippen molar-refractivity contribution < 1.29 is 19.4 Å². The Morgan fingerprint density at radius 3 is 2.14 bits per heavy atom. The fourth-order valence-corrected chi connectivity index (χ4v) is 2.11. The summed E-state index contributed by atoms with van der Waals surface area (Å²) in [6.07, 6.45) is -1.68. The number of benzene rings is 2. The molecule has 2 aromatic carbocycles. The highest BCUT2D eigenvalue weighted by molar-refractivity contribution is 5.66. The van der Waals surface area contributed by atoms with Gasteiger partial charge in [0.1, 0.15) is 11.9 Å². The van der Waals surface area contributed by atoms with E-state index in [2.05, 4.69) is 0 Å². The van der Waals surface area contributed by atoms with Gasteiger partial charge >= 0.3 is 5.97 Å². The molecule has 0 saturated heterocycles. The Kier molecular flexibility index (Phi) is 4.95. The van der Waals surface area contributed by atoms with Gasteiger partial charge in [-0.05, 0) is 23.3 Å². The summed E-state index contributed by atoms with van der Waals surface area (Å²) in [7, 11) is 1.58. The van der Waals surface area contributed by atoms with Crippen LogP contribution in [0.1, 0.15) is 30.3 Å². The normalized spacial score (nSPS) is 13.3. The molecule has 0 saturated carbocycles. The van der Waals surface area contributed by atoms with E-state index in [4.69, 9.17) is 9.47 Å². The van der Waals surface area contributed by atoms with Crippen molar-refractivity contribution in [1.29, 1.82) is 0 Å². The molecule has 0 aliphatic heterocycles. The quantitative estimate of drug-likeness (QED) is 0.858. The molecule has 0 radical (unpaired) electrons. The van der Waals surface area contributed by atoms with E-state index in [1.165, 1.54) is 6.92 Å². The largest absolute Gasteiger partial charge is 0.497 e. The van der Waals surface area contributed by atoms with Gasteiger partial charge in [-0.25, -0.2) is 0 Å². The molecule has 2 unspecified atom stereocenters. The summed E-state index contributed by atoms with van der Waals surface area (Å²) >= 11 is 0. The molecule has 0 bridgehead atoms. The number of aliphatic hydroxyl groups is 1. The molecule has 0 spiro atoms. The summed E-state index contributed by atoms with van der Waals surface area (Å²) in [4.78, 5) is 11.3. The van der Waals surface area contributed by atoms with Crippen LogP contribution in [-0.4, -0.2) is 18.2 Å². The van der Waals surface area contributed by atoms with Crippen LogP contribution in [-0.2, 0) is 9.53 Å². The van der Waals surface area contributed by atoms with Crippen LogP contribution in [0.25, 0.3) is 0 Å². The van der Waals surface area contributed by atoms with Crippen LogP contribution in [0.3, 0.4) is 0 Å². The van der Waals surface area contributed by atoms with E-state index in [0.717, 1.165) is 5.56 Å². The fourth-order valence-electron chi connectivity index (χ4n) is 2.11. The number of rotatable bonds is 5. The Morgan fingerprint density at radius 1 is 1.00 bits per heavy atom. The first kappa shape index (κ1) is 15.1. The minimum Gasteiger partial charge on any atom is -0.497 e. The first-order valence-electron chi connectivity index (χ1n) is 6.66. The van der Waals surface area contributed by atoms with Gasteiger partial charge in [0, 0.05) is 6.92 Å². The van der Waals surface area contributed by atoms with E-state index in [-0.39, 0.29) is 0 Å². The smallest absolute Gasteiger partial charge is 0.303 e. The van der Waals surface area contributed by atoms with Gasteiger partial charge in [-0.2, -0.15) is 0 Å². The highest BCUT2D eigenvalue weighted by Crippen LogP contribution is 2.32. The third kappa shape index (κ3) is 3.83. The maximum absolute atomic E-state index is 11.3. The van der Waals surface area contributed by atoms with Crippen LogP contribution in [0, 0.1) is 0 Å². The number of carbonyl (C=O) groups excluding carboxylic acids is 1. The zero-order valence-electron chi connectivity index (χ0n) is 12.0. The predicted octanol–water partition coefficient (Wildman–Crippen LogP) is 3.03. The fraction of sp³-hybridized carbons (Fsp3) is 0.235. The maximum atomic E-state index is 11.3. The van der Waals surface area contributed by atoms with E-state index < -0.39 is 18.2 Å². The molecular weight excluding hydrogens is 268 g/mol. The summed E-state index contributed by atoms with van der Waals surface area (Å²) < 4.78 is 10.4. The van der Waals surface area contributed by atoms with Crippen molar-refractivity contribution in [3.05, 3.63) is 65.7 Å². The number of hydrogen-bond acceptors (Lipinski definition) is 4. The zero-order chi connectivity index (χ0) is 15.2. The predicted molar refractivity (Wildman–Crippen MR) is 78.9 cm³/mol. The lowest BCUT2D eigenvalue weighted by atomic mass is 9.98. The van der Waals surface area contributed by atoms with Crippen molar-refractivity contribution in [3.63, 3.8) is 0 Å². The minimum absolute atomic E-state index is 0.434. The second kappa shape index (κ2) is 6.90. The molecule has 0 fully saturated rings. The molecule has 0 aromatic heterocycles. The third-order valence-electron chi connectivity index (χ3n) is 3.17. The second-order valence-corrected chi connectivity index (χ2v) is 4.66. The summed E-state index contributed by atoms with van der Waals surface area (Å²) in [5, 5.41) is 10.5. The van der Waals surface area contributed by atoms with Crippen LogP contribution in [0.5, 0.6) is 5.75 Å². The van der Waals surface area contributed by atoms with Gasteiger partial charge < -0.3 is 14.6 Å². The Labute approximate surface area is 123 Å². The van der Waals surface area contributed by atoms with E-state index in [1.54, 1.807) is 31.4 Å². The summed E-state index contributed by atoms with van der Waals surface area (Å²) in [5.41, 5.74) is 1.40. The number of aliphatic hydroxyl groups excluding tert-OH is 1. The average molecular weight is 286 g/mol. The Hall–Kier alpha value is -2.33. The molecular formula is C17H18O4. The Balaban J connectivity index is 2.28. The zero-order valence-corrected chi connectivity index (χ0v) is 12.0. The van der Waals surface area contributed by atoms with Crippen molar-refractivity contribution in [2.75, 3.05) is 7.11 Å². The number of methoxy groups -OCH3 is 1. The first-order valence-corrected chi connectivity index (χ1v) is 6.66. The molecule has 4 nitrogen and oxygen atoms in total. The number of hydrogen-bond donors (Lipinski definition) is 1. The number of ether oxygens (including phenoxy) is 2. The van der Waals surface area contributed by atoms with Gasteiger partial charge in [-0.1, -0.05) is 42.5 Å². The third-order valence-corrected chi connectivity index (χ3v) is 3.17. The van der Waals surface area contributed by atoms with Crippen LogP contribution < -0.4 is 4.74 Å². The summed E-state index contributed by atoms with van der Waals surface area (Å²) in [5.74, 6) is 0.270. The molecule has 2 atom stereocenters. The maximum Gasteiger partial charge on any atom is 0.303 e. The highest BCUT2D eigenvalue weighted by Gasteiger charge is 2.25. The Morgan fingerprint density at radius 2 is 1.62 bits per heavy atom. The van der Waals surface area contributed by atoms with E-state index in [0.29, 0.717) is 11.3 Å². The SMILES string of the molecule is COc1ccc(C(O)C(OC(C)=O)c2ccccc2)cc1. The van der Waals surface area contributed by atoms with Crippen molar-refractivity contribution in [1.82, 2.24) is 0 Å². The highest BCUT2D eigenvalue weighted by atomic mass is 16.6. The van der Waals surface area contributed by atoms with Crippen LogP contribution in [0.2, 0.25) is 0 Å². The van der Waals surface area contributed by atoms with Gasteiger partial charge in [0.2, 0.25) is 0 Å². The van der Waals surface area contributed by atoms with E-state index in [1.807, 2.05) is 30.3 Å². The van der Waals surface area contributed by atoms with Gasteiger partial charge in [0.15, 0.2) is 6.10 Å². The van der Waals surface area contributed by atoms with Crippen LogP contribution >= 0.6 is 0 Å². The monoisotopic (exact) mass is 286 g/mol. The number of esters is 1.